The Morgan fingerprint density at radius 1 is 1.00 bits per heavy atom. The van der Waals surface area contributed by atoms with Crippen molar-refractivity contribution in [1.82, 2.24) is 19.6 Å². The van der Waals surface area contributed by atoms with Crippen LogP contribution < -0.4 is 4.90 Å². The highest BCUT2D eigenvalue weighted by Crippen LogP contribution is 2.30. The SMILES string of the molecule is Cc1nn(-c2ccccc2)c(N2CCN(C)CC2)c1CN(CC(C)C)C(=O)CSc1ccccc1. The van der Waals surface area contributed by atoms with E-state index in [4.69, 9.17) is 5.10 Å². The minimum absolute atomic E-state index is 0.170. The third kappa shape index (κ3) is 6.47. The van der Waals surface area contributed by atoms with E-state index in [2.05, 4.69) is 78.7 Å². The molecule has 0 bridgehead atoms. The summed E-state index contributed by atoms with van der Waals surface area (Å²) in [4.78, 5) is 21.4. The number of aryl methyl sites for hydroxylation is 1. The Hall–Kier alpha value is -2.77. The van der Waals surface area contributed by atoms with Gasteiger partial charge in [0.2, 0.25) is 5.91 Å². The summed E-state index contributed by atoms with van der Waals surface area (Å²) in [6.07, 6.45) is 0. The summed E-state index contributed by atoms with van der Waals surface area (Å²) in [5.41, 5.74) is 3.19. The van der Waals surface area contributed by atoms with Crippen LogP contribution >= 0.6 is 11.8 Å². The smallest absolute Gasteiger partial charge is 0.233 e. The molecular formula is C28H37N5OS. The highest BCUT2D eigenvalue weighted by Gasteiger charge is 2.27. The normalized spacial score (nSPS) is 14.5. The van der Waals surface area contributed by atoms with Gasteiger partial charge in [0.1, 0.15) is 5.82 Å². The lowest BCUT2D eigenvalue weighted by molar-refractivity contribution is -0.129. The van der Waals surface area contributed by atoms with Crippen molar-refractivity contribution in [3.63, 3.8) is 0 Å². The number of hydrogen-bond donors (Lipinski definition) is 0. The number of rotatable bonds is 9. The number of amides is 1. The van der Waals surface area contributed by atoms with Crippen molar-refractivity contribution in [1.29, 1.82) is 0 Å². The van der Waals surface area contributed by atoms with E-state index in [9.17, 15) is 4.79 Å². The zero-order chi connectivity index (χ0) is 24.8. The molecule has 4 rings (SSSR count). The number of anilines is 1. The van der Waals surface area contributed by atoms with Crippen molar-refractivity contribution in [2.24, 2.45) is 5.92 Å². The minimum Gasteiger partial charge on any atom is -0.354 e. The number of piperazine rings is 1. The van der Waals surface area contributed by atoms with Crippen molar-refractivity contribution < 1.29 is 4.79 Å². The van der Waals surface area contributed by atoms with Crippen LogP contribution in [0.3, 0.4) is 0 Å². The summed E-state index contributed by atoms with van der Waals surface area (Å²) in [7, 11) is 2.17. The van der Waals surface area contributed by atoms with Gasteiger partial charge in [-0.25, -0.2) is 4.68 Å². The average Bonchev–Trinajstić information content (AvgIpc) is 3.19. The molecular weight excluding hydrogens is 454 g/mol. The van der Waals surface area contributed by atoms with E-state index in [-0.39, 0.29) is 5.91 Å². The van der Waals surface area contributed by atoms with Crippen LogP contribution in [0.1, 0.15) is 25.1 Å². The van der Waals surface area contributed by atoms with E-state index in [1.165, 1.54) is 0 Å². The minimum atomic E-state index is 0.170. The number of thioether (sulfide) groups is 1. The summed E-state index contributed by atoms with van der Waals surface area (Å²) in [6.45, 7) is 11.6. The largest absolute Gasteiger partial charge is 0.354 e. The number of carbonyl (C=O) groups excluding carboxylic acids is 1. The predicted molar refractivity (Wildman–Crippen MR) is 145 cm³/mol. The maximum Gasteiger partial charge on any atom is 0.233 e. The fourth-order valence-corrected chi connectivity index (χ4v) is 5.29. The van der Waals surface area contributed by atoms with Gasteiger partial charge in [-0.15, -0.1) is 11.8 Å². The molecule has 1 fully saturated rings. The van der Waals surface area contributed by atoms with Gasteiger partial charge < -0.3 is 14.7 Å². The van der Waals surface area contributed by atoms with E-state index in [1.807, 2.05) is 29.2 Å². The monoisotopic (exact) mass is 491 g/mol. The first kappa shape index (κ1) is 25.3. The fraction of sp³-hybridized carbons (Fsp3) is 0.429. The molecule has 0 aliphatic carbocycles. The van der Waals surface area contributed by atoms with E-state index in [1.54, 1.807) is 11.8 Å². The molecule has 2 heterocycles. The van der Waals surface area contributed by atoms with Crippen LogP contribution in [-0.2, 0) is 11.3 Å². The van der Waals surface area contributed by atoms with Crippen molar-refractivity contribution in [3.8, 4) is 5.69 Å². The molecule has 0 saturated carbocycles. The lowest BCUT2D eigenvalue weighted by Gasteiger charge is -2.35. The van der Waals surface area contributed by atoms with Crippen molar-refractivity contribution in [3.05, 3.63) is 71.9 Å². The maximum absolute atomic E-state index is 13.4. The molecule has 1 aliphatic heterocycles. The molecule has 0 radical (unpaired) electrons. The van der Waals surface area contributed by atoms with Gasteiger partial charge in [0.15, 0.2) is 0 Å². The highest BCUT2D eigenvalue weighted by atomic mass is 32.2. The number of benzene rings is 2. The van der Waals surface area contributed by atoms with Gasteiger partial charge in [-0.05, 0) is 44.2 Å². The topological polar surface area (TPSA) is 44.6 Å². The zero-order valence-corrected chi connectivity index (χ0v) is 22.2. The van der Waals surface area contributed by atoms with Gasteiger partial charge in [-0.3, -0.25) is 4.79 Å². The molecule has 1 amide bonds. The summed E-state index contributed by atoms with van der Waals surface area (Å²) >= 11 is 1.61. The van der Waals surface area contributed by atoms with Gasteiger partial charge in [-0.2, -0.15) is 5.10 Å². The summed E-state index contributed by atoms with van der Waals surface area (Å²) in [5, 5.41) is 4.98. The zero-order valence-electron chi connectivity index (χ0n) is 21.4. The number of nitrogens with zero attached hydrogens (tertiary/aromatic N) is 5. The van der Waals surface area contributed by atoms with Crippen LogP contribution in [0.4, 0.5) is 5.82 Å². The molecule has 1 aromatic heterocycles. The Morgan fingerprint density at radius 2 is 1.63 bits per heavy atom. The standard InChI is InChI=1S/C28H37N5OS/c1-22(2)19-32(27(34)21-35-25-13-9-6-10-14-25)20-26-23(3)29-33(24-11-7-5-8-12-24)28(26)31-17-15-30(4)16-18-31/h5-14,22H,15-21H2,1-4H3. The van der Waals surface area contributed by atoms with Gasteiger partial charge in [-0.1, -0.05) is 50.2 Å². The van der Waals surface area contributed by atoms with Crippen LogP contribution in [0.5, 0.6) is 0 Å². The second kappa shape index (κ2) is 11.8. The quantitative estimate of drug-likeness (QED) is 0.406. The van der Waals surface area contributed by atoms with Crippen LogP contribution in [0.2, 0.25) is 0 Å². The molecule has 3 aromatic rings. The first-order valence-corrected chi connectivity index (χ1v) is 13.4. The fourth-order valence-electron chi connectivity index (χ4n) is 4.46. The highest BCUT2D eigenvalue weighted by molar-refractivity contribution is 8.00. The summed E-state index contributed by atoms with van der Waals surface area (Å²) in [5.74, 6) is 2.12. The van der Waals surface area contributed by atoms with Crippen LogP contribution in [0, 0.1) is 12.8 Å². The molecule has 7 heteroatoms. The Balaban J connectivity index is 1.64. The lowest BCUT2D eigenvalue weighted by atomic mass is 10.1. The average molecular weight is 492 g/mol. The second-order valence-electron chi connectivity index (χ2n) is 9.70. The van der Waals surface area contributed by atoms with Gasteiger partial charge in [0.05, 0.1) is 23.7 Å². The predicted octanol–water partition coefficient (Wildman–Crippen LogP) is 4.71. The van der Waals surface area contributed by atoms with Crippen molar-refractivity contribution >= 4 is 23.5 Å². The number of para-hydroxylation sites is 1. The van der Waals surface area contributed by atoms with E-state index >= 15 is 0 Å². The van der Waals surface area contributed by atoms with Gasteiger partial charge in [0, 0.05) is 43.2 Å². The first-order chi connectivity index (χ1) is 16.9. The molecule has 0 unspecified atom stereocenters. The Kier molecular flexibility index (Phi) is 8.52. The Bertz CT molecular complexity index is 1090. The molecule has 6 nitrogen and oxygen atoms in total. The molecule has 186 valence electrons. The second-order valence-corrected chi connectivity index (χ2v) is 10.7. The maximum atomic E-state index is 13.4. The van der Waals surface area contributed by atoms with Gasteiger partial charge in [0.25, 0.3) is 0 Å². The number of likely N-dealkylation sites (N-methyl/N-ethyl adjacent to an activating group) is 1. The molecule has 0 atom stereocenters. The summed E-state index contributed by atoms with van der Waals surface area (Å²) < 4.78 is 2.08. The number of carbonyl (C=O) groups is 1. The molecule has 0 N–H and O–H groups in total. The number of aromatic nitrogens is 2. The molecule has 1 aliphatic rings. The van der Waals surface area contributed by atoms with E-state index in [0.717, 1.165) is 60.4 Å². The van der Waals surface area contributed by atoms with Crippen molar-refractivity contribution in [2.45, 2.75) is 32.2 Å². The van der Waals surface area contributed by atoms with Crippen LogP contribution in [0.15, 0.2) is 65.6 Å². The molecule has 2 aromatic carbocycles. The molecule has 0 spiro atoms. The first-order valence-electron chi connectivity index (χ1n) is 12.5. The number of hydrogen-bond acceptors (Lipinski definition) is 5. The molecule has 1 saturated heterocycles. The third-order valence-electron chi connectivity index (χ3n) is 6.35. The lowest BCUT2D eigenvalue weighted by Crippen LogP contribution is -2.45. The van der Waals surface area contributed by atoms with Gasteiger partial charge >= 0.3 is 0 Å². The van der Waals surface area contributed by atoms with Crippen LogP contribution in [0.25, 0.3) is 5.69 Å². The Morgan fingerprint density at radius 3 is 2.26 bits per heavy atom. The summed E-state index contributed by atoms with van der Waals surface area (Å²) in [6, 6.07) is 20.5. The third-order valence-corrected chi connectivity index (χ3v) is 7.35. The van der Waals surface area contributed by atoms with Crippen LogP contribution in [-0.4, -0.2) is 71.0 Å². The van der Waals surface area contributed by atoms with E-state index in [0.29, 0.717) is 18.2 Å². The van der Waals surface area contributed by atoms with Crippen molar-refractivity contribution in [2.75, 3.05) is 50.4 Å². The molecule has 35 heavy (non-hydrogen) atoms. The Labute approximate surface area is 213 Å². The van der Waals surface area contributed by atoms with E-state index < -0.39 is 0 Å².